The third-order valence-electron chi connectivity index (χ3n) is 4.07. The van der Waals surface area contributed by atoms with E-state index in [1.165, 1.54) is 33.5 Å². The molecule has 1 amide bonds. The van der Waals surface area contributed by atoms with Crippen molar-refractivity contribution in [3.8, 4) is 11.4 Å². The van der Waals surface area contributed by atoms with E-state index in [1.54, 1.807) is 31.3 Å². The van der Waals surface area contributed by atoms with E-state index < -0.39 is 0 Å². The number of amides is 1. The van der Waals surface area contributed by atoms with Crippen LogP contribution in [0, 0.1) is 11.6 Å². The van der Waals surface area contributed by atoms with Crippen LogP contribution >= 0.6 is 0 Å². The highest BCUT2D eigenvalue weighted by atomic mass is 19.1. The van der Waals surface area contributed by atoms with Gasteiger partial charge in [0.05, 0.1) is 13.0 Å². The number of carbonyl (C=O) groups is 1. The minimum Gasteiger partial charge on any atom is -0.354 e. The van der Waals surface area contributed by atoms with Crippen molar-refractivity contribution in [3.63, 3.8) is 0 Å². The fourth-order valence-electron chi connectivity index (χ4n) is 2.64. The van der Waals surface area contributed by atoms with Crippen LogP contribution < -0.4 is 11.0 Å². The number of carbonyl (C=O) groups excluding carboxylic acids is 1. The number of halogens is 2. The summed E-state index contributed by atoms with van der Waals surface area (Å²) in [7, 11) is 1.58. The highest BCUT2D eigenvalue weighted by molar-refractivity contribution is 5.78. The second kappa shape index (κ2) is 7.94. The Morgan fingerprint density at radius 2 is 1.63 bits per heavy atom. The number of aromatic nitrogens is 3. The molecule has 0 spiro atoms. The van der Waals surface area contributed by atoms with E-state index in [0.717, 1.165) is 0 Å². The second-order valence-electron chi connectivity index (χ2n) is 6.05. The Morgan fingerprint density at radius 1 is 1.04 bits per heavy atom. The lowest BCUT2D eigenvalue weighted by molar-refractivity contribution is -0.120. The van der Waals surface area contributed by atoms with Crippen LogP contribution in [0.3, 0.4) is 0 Å². The van der Waals surface area contributed by atoms with E-state index in [1.807, 2.05) is 0 Å². The van der Waals surface area contributed by atoms with Crippen LogP contribution in [-0.2, 0) is 24.8 Å². The molecular formula is C19H18F2N4O2. The first kappa shape index (κ1) is 18.5. The Bertz CT molecular complexity index is 992. The van der Waals surface area contributed by atoms with Crippen LogP contribution in [0.25, 0.3) is 11.4 Å². The molecule has 1 heterocycles. The molecule has 3 aromatic rings. The maximum absolute atomic E-state index is 13.1. The summed E-state index contributed by atoms with van der Waals surface area (Å²) in [6, 6.07) is 11.4. The molecule has 0 bridgehead atoms. The third kappa shape index (κ3) is 4.46. The average Bonchev–Trinajstić information content (AvgIpc) is 2.93. The van der Waals surface area contributed by atoms with Gasteiger partial charge in [0.1, 0.15) is 11.6 Å². The Hall–Kier alpha value is -3.29. The van der Waals surface area contributed by atoms with Gasteiger partial charge in [-0.1, -0.05) is 12.1 Å². The number of nitrogens with zero attached hydrogens (tertiary/aromatic N) is 3. The minimum absolute atomic E-state index is 0.123. The molecule has 0 saturated carbocycles. The lowest BCUT2D eigenvalue weighted by Gasteiger charge is -2.05. The molecule has 0 unspecified atom stereocenters. The molecule has 0 aliphatic heterocycles. The van der Waals surface area contributed by atoms with Crippen LogP contribution in [0.4, 0.5) is 8.78 Å². The maximum atomic E-state index is 13.1. The van der Waals surface area contributed by atoms with Gasteiger partial charge in [-0.15, -0.1) is 5.10 Å². The lowest BCUT2D eigenvalue weighted by atomic mass is 10.1. The zero-order valence-corrected chi connectivity index (χ0v) is 14.7. The SMILES string of the molecule is Cn1c(-c2ccc(F)cc2)nn(CCNC(=O)Cc2ccc(F)cc2)c1=O. The van der Waals surface area contributed by atoms with E-state index in [0.29, 0.717) is 17.0 Å². The van der Waals surface area contributed by atoms with Gasteiger partial charge in [0.25, 0.3) is 0 Å². The van der Waals surface area contributed by atoms with E-state index in [9.17, 15) is 18.4 Å². The van der Waals surface area contributed by atoms with Gasteiger partial charge in [-0.2, -0.15) is 0 Å². The highest BCUT2D eigenvalue weighted by Gasteiger charge is 2.12. The quantitative estimate of drug-likeness (QED) is 0.718. The van der Waals surface area contributed by atoms with E-state index in [2.05, 4.69) is 10.4 Å². The zero-order chi connectivity index (χ0) is 19.4. The molecule has 1 aromatic heterocycles. The summed E-state index contributed by atoms with van der Waals surface area (Å²) in [6.45, 7) is 0.419. The summed E-state index contributed by atoms with van der Waals surface area (Å²) in [5.41, 5.74) is 0.986. The molecule has 3 rings (SSSR count). The molecule has 0 aliphatic rings. The van der Waals surface area contributed by atoms with Crippen molar-refractivity contribution in [1.82, 2.24) is 19.7 Å². The third-order valence-corrected chi connectivity index (χ3v) is 4.07. The summed E-state index contributed by atoms with van der Waals surface area (Å²) in [6.07, 6.45) is 0.123. The Kier molecular flexibility index (Phi) is 5.44. The lowest BCUT2D eigenvalue weighted by Crippen LogP contribution is -2.32. The Balaban J connectivity index is 1.60. The molecule has 2 aromatic carbocycles. The van der Waals surface area contributed by atoms with Gasteiger partial charge in [0.15, 0.2) is 5.82 Å². The summed E-state index contributed by atoms with van der Waals surface area (Å²) < 4.78 is 28.5. The Morgan fingerprint density at radius 3 is 2.26 bits per heavy atom. The number of hydrogen-bond donors (Lipinski definition) is 1. The fourth-order valence-corrected chi connectivity index (χ4v) is 2.64. The number of nitrogens with one attached hydrogen (secondary N) is 1. The van der Waals surface area contributed by atoms with E-state index in [4.69, 9.17) is 0 Å². The number of hydrogen-bond acceptors (Lipinski definition) is 3. The predicted molar refractivity (Wildman–Crippen MR) is 96.0 cm³/mol. The highest BCUT2D eigenvalue weighted by Crippen LogP contribution is 2.15. The largest absolute Gasteiger partial charge is 0.354 e. The molecule has 6 nitrogen and oxygen atoms in total. The fraction of sp³-hybridized carbons (Fsp3) is 0.211. The predicted octanol–water partition coefficient (Wildman–Crippen LogP) is 1.89. The Labute approximate surface area is 154 Å². The maximum Gasteiger partial charge on any atom is 0.345 e. The van der Waals surface area contributed by atoms with E-state index >= 15 is 0 Å². The molecule has 0 radical (unpaired) electrons. The monoisotopic (exact) mass is 372 g/mol. The minimum atomic E-state index is -0.368. The number of benzene rings is 2. The van der Waals surface area contributed by atoms with Crippen LogP contribution in [-0.4, -0.2) is 26.8 Å². The molecule has 27 heavy (non-hydrogen) atoms. The smallest absolute Gasteiger partial charge is 0.345 e. The van der Waals surface area contributed by atoms with Crippen molar-refractivity contribution in [2.75, 3.05) is 6.54 Å². The first-order valence-electron chi connectivity index (χ1n) is 8.35. The molecule has 0 fully saturated rings. The van der Waals surface area contributed by atoms with Gasteiger partial charge < -0.3 is 5.32 Å². The first-order valence-corrected chi connectivity index (χ1v) is 8.35. The summed E-state index contributed by atoms with van der Waals surface area (Å²) in [4.78, 5) is 24.2. The van der Waals surface area contributed by atoms with Crippen molar-refractivity contribution in [1.29, 1.82) is 0 Å². The van der Waals surface area contributed by atoms with Crippen molar-refractivity contribution in [2.45, 2.75) is 13.0 Å². The summed E-state index contributed by atoms with van der Waals surface area (Å²) in [5, 5.41) is 6.96. The van der Waals surface area contributed by atoms with Crippen LogP contribution in [0.5, 0.6) is 0 Å². The van der Waals surface area contributed by atoms with Gasteiger partial charge in [0.2, 0.25) is 5.91 Å². The second-order valence-corrected chi connectivity index (χ2v) is 6.05. The summed E-state index contributed by atoms with van der Waals surface area (Å²) >= 11 is 0. The average molecular weight is 372 g/mol. The standard InChI is InChI=1S/C19H18F2N4O2/c1-24-18(14-4-8-16(21)9-5-14)23-25(19(24)27)11-10-22-17(26)12-13-2-6-15(20)7-3-13/h2-9H,10-12H2,1H3,(H,22,26). The van der Waals surface area contributed by atoms with Gasteiger partial charge in [-0.3, -0.25) is 9.36 Å². The van der Waals surface area contributed by atoms with Crippen molar-refractivity contribution >= 4 is 5.91 Å². The van der Waals surface area contributed by atoms with E-state index in [-0.39, 0.29) is 42.7 Å². The zero-order valence-electron chi connectivity index (χ0n) is 14.7. The molecule has 0 saturated heterocycles. The van der Waals surface area contributed by atoms with Crippen molar-refractivity contribution < 1.29 is 13.6 Å². The molecule has 1 N–H and O–H groups in total. The molecular weight excluding hydrogens is 354 g/mol. The van der Waals surface area contributed by atoms with Crippen LogP contribution in [0.15, 0.2) is 53.3 Å². The normalized spacial score (nSPS) is 10.8. The van der Waals surface area contributed by atoms with Crippen LogP contribution in [0.1, 0.15) is 5.56 Å². The van der Waals surface area contributed by atoms with Crippen molar-refractivity contribution in [3.05, 3.63) is 76.2 Å². The molecule has 8 heteroatoms. The van der Waals surface area contributed by atoms with Gasteiger partial charge in [0, 0.05) is 19.2 Å². The van der Waals surface area contributed by atoms with Gasteiger partial charge in [-0.25, -0.2) is 18.3 Å². The van der Waals surface area contributed by atoms with Crippen LogP contribution in [0.2, 0.25) is 0 Å². The first-order chi connectivity index (χ1) is 12.9. The topological polar surface area (TPSA) is 68.9 Å². The van der Waals surface area contributed by atoms with Crippen molar-refractivity contribution in [2.24, 2.45) is 7.05 Å². The van der Waals surface area contributed by atoms with Gasteiger partial charge in [-0.05, 0) is 42.0 Å². The molecule has 140 valence electrons. The molecule has 0 aliphatic carbocycles. The summed E-state index contributed by atoms with van der Waals surface area (Å²) in [5.74, 6) is -0.542. The molecule has 0 atom stereocenters. The van der Waals surface area contributed by atoms with Gasteiger partial charge >= 0.3 is 5.69 Å². The number of rotatable bonds is 6.